The molecule has 1 aliphatic rings. The number of hydrogen-bond donors (Lipinski definition) is 0. The summed E-state index contributed by atoms with van der Waals surface area (Å²) in [5.41, 5.74) is 6.60. The van der Waals surface area contributed by atoms with E-state index in [1.807, 2.05) is 12.3 Å². The standard InChI is InChI=1S/C28H31N3O/c1-20-21(2)31(19-22-8-7-11-25(18-22)32-3)27-26(20)12-15-29-28(27)30-16-13-24(14-17-30)23-9-5-4-6-10-23/h4-12,15,18,24H,13-14,16-17,19H2,1-3H3. The molecule has 164 valence electrons. The average molecular weight is 426 g/mol. The molecule has 1 saturated heterocycles. The molecule has 4 nitrogen and oxygen atoms in total. The fourth-order valence-electron chi connectivity index (χ4n) is 5.11. The van der Waals surface area contributed by atoms with E-state index in [0.717, 1.165) is 44.0 Å². The second kappa shape index (κ2) is 8.70. The Bertz CT molecular complexity index is 1220. The zero-order chi connectivity index (χ0) is 22.1. The number of aryl methyl sites for hydroxylation is 1. The van der Waals surface area contributed by atoms with Crippen molar-refractivity contribution in [2.24, 2.45) is 0 Å². The molecular weight excluding hydrogens is 394 g/mol. The molecule has 0 unspecified atom stereocenters. The van der Waals surface area contributed by atoms with Gasteiger partial charge in [-0.2, -0.15) is 0 Å². The van der Waals surface area contributed by atoms with Gasteiger partial charge >= 0.3 is 0 Å². The van der Waals surface area contributed by atoms with Crippen LogP contribution in [-0.4, -0.2) is 29.8 Å². The van der Waals surface area contributed by atoms with E-state index in [-0.39, 0.29) is 0 Å². The molecule has 1 fully saturated rings. The van der Waals surface area contributed by atoms with Gasteiger partial charge in [0, 0.05) is 36.9 Å². The molecule has 4 aromatic rings. The third kappa shape index (κ3) is 3.75. The molecule has 1 aliphatic heterocycles. The second-order valence-corrected chi connectivity index (χ2v) is 8.85. The Labute approximate surface area is 190 Å². The van der Waals surface area contributed by atoms with E-state index < -0.39 is 0 Å². The summed E-state index contributed by atoms with van der Waals surface area (Å²) in [5, 5.41) is 1.31. The summed E-state index contributed by atoms with van der Waals surface area (Å²) < 4.78 is 7.89. The summed E-state index contributed by atoms with van der Waals surface area (Å²) in [6.07, 6.45) is 4.30. The lowest BCUT2D eigenvalue weighted by Crippen LogP contribution is -2.33. The molecule has 5 rings (SSSR count). The number of rotatable bonds is 5. The Morgan fingerprint density at radius 2 is 1.75 bits per heavy atom. The maximum absolute atomic E-state index is 5.45. The van der Waals surface area contributed by atoms with Crippen LogP contribution in [0.2, 0.25) is 0 Å². The Morgan fingerprint density at radius 1 is 0.969 bits per heavy atom. The van der Waals surface area contributed by atoms with Crippen molar-refractivity contribution in [1.82, 2.24) is 9.55 Å². The van der Waals surface area contributed by atoms with Crippen molar-refractivity contribution >= 4 is 16.7 Å². The van der Waals surface area contributed by atoms with Crippen molar-refractivity contribution < 1.29 is 4.74 Å². The van der Waals surface area contributed by atoms with Gasteiger partial charge in [0.1, 0.15) is 5.75 Å². The molecule has 0 N–H and O–H groups in total. The minimum atomic E-state index is 0.638. The number of fused-ring (bicyclic) bond motifs is 1. The first kappa shape index (κ1) is 20.6. The first-order chi connectivity index (χ1) is 15.7. The van der Waals surface area contributed by atoms with Crippen molar-refractivity contribution in [2.75, 3.05) is 25.1 Å². The van der Waals surface area contributed by atoms with Crippen molar-refractivity contribution in [1.29, 1.82) is 0 Å². The summed E-state index contributed by atoms with van der Waals surface area (Å²) in [6.45, 7) is 7.33. The monoisotopic (exact) mass is 425 g/mol. The topological polar surface area (TPSA) is 30.3 Å². The zero-order valence-corrected chi connectivity index (χ0v) is 19.2. The number of pyridine rings is 1. The summed E-state index contributed by atoms with van der Waals surface area (Å²) in [4.78, 5) is 7.39. The van der Waals surface area contributed by atoms with E-state index in [1.54, 1.807) is 7.11 Å². The van der Waals surface area contributed by atoms with Gasteiger partial charge in [-0.25, -0.2) is 4.98 Å². The SMILES string of the molecule is COc1cccc(Cn2c(C)c(C)c3ccnc(N4CCC(c5ccccc5)CC4)c32)c1. The van der Waals surface area contributed by atoms with Crippen molar-refractivity contribution in [3.8, 4) is 5.75 Å². The molecule has 4 heteroatoms. The van der Waals surface area contributed by atoms with Gasteiger partial charge in [0.25, 0.3) is 0 Å². The molecule has 0 saturated carbocycles. The van der Waals surface area contributed by atoms with E-state index >= 15 is 0 Å². The molecule has 0 aliphatic carbocycles. The van der Waals surface area contributed by atoms with Crippen LogP contribution in [-0.2, 0) is 6.54 Å². The van der Waals surface area contributed by atoms with Crippen LogP contribution in [0.5, 0.6) is 5.75 Å². The lowest BCUT2D eigenvalue weighted by atomic mass is 9.89. The largest absolute Gasteiger partial charge is 0.497 e. The molecule has 32 heavy (non-hydrogen) atoms. The summed E-state index contributed by atoms with van der Waals surface area (Å²) >= 11 is 0. The third-order valence-corrected chi connectivity index (χ3v) is 7.07. The van der Waals surface area contributed by atoms with Gasteiger partial charge in [-0.05, 0) is 67.5 Å². The quantitative estimate of drug-likeness (QED) is 0.387. The van der Waals surface area contributed by atoms with Crippen LogP contribution < -0.4 is 9.64 Å². The van der Waals surface area contributed by atoms with Crippen LogP contribution >= 0.6 is 0 Å². The Kier molecular flexibility index (Phi) is 5.60. The highest BCUT2D eigenvalue weighted by Gasteiger charge is 2.25. The number of piperidine rings is 1. The van der Waals surface area contributed by atoms with Crippen molar-refractivity contribution in [3.63, 3.8) is 0 Å². The maximum Gasteiger partial charge on any atom is 0.153 e. The van der Waals surface area contributed by atoms with Gasteiger partial charge in [-0.15, -0.1) is 0 Å². The summed E-state index contributed by atoms with van der Waals surface area (Å²) in [5.74, 6) is 2.65. The van der Waals surface area contributed by atoms with Gasteiger partial charge < -0.3 is 14.2 Å². The summed E-state index contributed by atoms with van der Waals surface area (Å²) in [7, 11) is 1.72. The van der Waals surface area contributed by atoms with E-state index in [0.29, 0.717) is 5.92 Å². The molecule has 0 atom stereocenters. The lowest BCUT2D eigenvalue weighted by molar-refractivity contribution is 0.414. The Balaban J connectivity index is 1.48. The predicted octanol–water partition coefficient (Wildman–Crippen LogP) is 6.09. The Hall–Kier alpha value is -3.27. The number of hydrogen-bond acceptors (Lipinski definition) is 3. The third-order valence-electron chi connectivity index (χ3n) is 7.07. The van der Waals surface area contributed by atoms with Crippen molar-refractivity contribution in [2.45, 2.75) is 39.2 Å². The molecule has 0 radical (unpaired) electrons. The average Bonchev–Trinajstić information content (AvgIpc) is 3.10. The van der Waals surface area contributed by atoms with Crippen molar-refractivity contribution in [3.05, 3.63) is 89.2 Å². The van der Waals surface area contributed by atoms with E-state index in [9.17, 15) is 0 Å². The maximum atomic E-state index is 5.45. The zero-order valence-electron chi connectivity index (χ0n) is 19.2. The van der Waals surface area contributed by atoms with Gasteiger partial charge in [-0.1, -0.05) is 42.5 Å². The molecule has 3 heterocycles. The van der Waals surface area contributed by atoms with Gasteiger partial charge in [0.2, 0.25) is 0 Å². The van der Waals surface area contributed by atoms with Gasteiger partial charge in [0.15, 0.2) is 5.82 Å². The highest BCUT2D eigenvalue weighted by Crippen LogP contribution is 2.36. The number of methoxy groups -OCH3 is 1. The predicted molar refractivity (Wildman–Crippen MR) is 132 cm³/mol. The first-order valence-electron chi connectivity index (χ1n) is 11.5. The van der Waals surface area contributed by atoms with Gasteiger partial charge in [-0.3, -0.25) is 0 Å². The van der Waals surface area contributed by atoms with Crippen LogP contribution in [0.25, 0.3) is 10.9 Å². The first-order valence-corrected chi connectivity index (χ1v) is 11.5. The fraction of sp³-hybridized carbons (Fsp3) is 0.321. The molecule has 0 amide bonds. The van der Waals surface area contributed by atoms with E-state index in [1.165, 1.54) is 33.3 Å². The van der Waals surface area contributed by atoms with E-state index in [2.05, 4.69) is 77.9 Å². The minimum absolute atomic E-state index is 0.638. The Morgan fingerprint density at radius 3 is 2.50 bits per heavy atom. The second-order valence-electron chi connectivity index (χ2n) is 8.85. The molecule has 2 aromatic heterocycles. The smallest absolute Gasteiger partial charge is 0.153 e. The molecule has 2 aromatic carbocycles. The number of aromatic nitrogens is 2. The highest BCUT2D eigenvalue weighted by molar-refractivity contribution is 5.93. The van der Waals surface area contributed by atoms with Crippen LogP contribution in [0, 0.1) is 13.8 Å². The minimum Gasteiger partial charge on any atom is -0.497 e. The molecule has 0 spiro atoms. The number of ether oxygens (including phenoxy) is 1. The number of anilines is 1. The van der Waals surface area contributed by atoms with Gasteiger partial charge in [0.05, 0.1) is 12.6 Å². The number of nitrogens with zero attached hydrogens (tertiary/aromatic N) is 3. The van der Waals surface area contributed by atoms with E-state index in [4.69, 9.17) is 9.72 Å². The normalized spacial score (nSPS) is 14.8. The molecule has 0 bridgehead atoms. The van der Waals surface area contributed by atoms with Crippen LogP contribution in [0.1, 0.15) is 41.1 Å². The number of benzene rings is 2. The molecular formula is C28H31N3O. The van der Waals surface area contributed by atoms with Crippen LogP contribution in [0.15, 0.2) is 66.9 Å². The van der Waals surface area contributed by atoms with Crippen LogP contribution in [0.3, 0.4) is 0 Å². The highest BCUT2D eigenvalue weighted by atomic mass is 16.5. The lowest BCUT2D eigenvalue weighted by Gasteiger charge is -2.33. The summed E-state index contributed by atoms with van der Waals surface area (Å²) in [6, 6.07) is 21.5. The fourth-order valence-corrected chi connectivity index (χ4v) is 5.11. The van der Waals surface area contributed by atoms with Crippen LogP contribution in [0.4, 0.5) is 5.82 Å².